The second-order valence-corrected chi connectivity index (χ2v) is 4.97. The van der Waals surface area contributed by atoms with Crippen molar-refractivity contribution in [2.75, 3.05) is 0 Å². The van der Waals surface area contributed by atoms with E-state index in [1.54, 1.807) is 13.3 Å². The lowest BCUT2D eigenvalue weighted by Crippen LogP contribution is -2.29. The van der Waals surface area contributed by atoms with E-state index in [9.17, 15) is 4.79 Å². The van der Waals surface area contributed by atoms with E-state index in [0.717, 1.165) is 13.0 Å². The molecule has 0 saturated carbocycles. The zero-order valence-electron chi connectivity index (χ0n) is 11.6. The Balaban J connectivity index is 2.11. The molecule has 0 unspecified atom stereocenters. The summed E-state index contributed by atoms with van der Waals surface area (Å²) in [4.78, 5) is 12.1. The third-order valence-corrected chi connectivity index (χ3v) is 3.40. The third kappa shape index (κ3) is 2.82. The Labute approximate surface area is 121 Å². The van der Waals surface area contributed by atoms with Crippen molar-refractivity contribution in [2.45, 2.75) is 39.8 Å². The Morgan fingerprint density at radius 1 is 1.60 bits per heavy atom. The number of aromatic amines is 1. The molecule has 7 nitrogen and oxygen atoms in total. The van der Waals surface area contributed by atoms with Gasteiger partial charge in [0, 0.05) is 6.54 Å². The molecule has 1 atom stereocenters. The average Bonchev–Trinajstić information content (AvgIpc) is 2.98. The Hall–Kier alpha value is -1.89. The fourth-order valence-corrected chi connectivity index (χ4v) is 2.08. The molecule has 0 radical (unpaired) electrons. The molecular weight excluding hydrogens is 280 g/mol. The summed E-state index contributed by atoms with van der Waals surface area (Å²) in [6.07, 6.45) is 2.63. The summed E-state index contributed by atoms with van der Waals surface area (Å²) >= 11 is 6.01. The van der Waals surface area contributed by atoms with Crippen LogP contribution >= 0.6 is 11.6 Å². The maximum absolute atomic E-state index is 12.1. The maximum atomic E-state index is 12.1. The highest BCUT2D eigenvalue weighted by Crippen LogP contribution is 2.18. The van der Waals surface area contributed by atoms with E-state index in [1.165, 1.54) is 0 Å². The number of nitrogens with one attached hydrogen (secondary N) is 2. The fourth-order valence-electron chi connectivity index (χ4n) is 1.91. The molecule has 8 heteroatoms. The number of amides is 1. The Morgan fingerprint density at radius 3 is 2.95 bits per heavy atom. The lowest BCUT2D eigenvalue weighted by Gasteiger charge is -2.13. The average molecular weight is 297 g/mol. The highest BCUT2D eigenvalue weighted by molar-refractivity contribution is 6.34. The lowest BCUT2D eigenvalue weighted by molar-refractivity contribution is 0.0932. The summed E-state index contributed by atoms with van der Waals surface area (Å²) in [7, 11) is 0. The molecule has 2 aromatic heterocycles. The highest BCUT2D eigenvalue weighted by atomic mass is 35.5. The van der Waals surface area contributed by atoms with Crippen LogP contribution in [0.2, 0.25) is 5.02 Å². The molecule has 2 aromatic rings. The predicted octanol–water partition coefficient (Wildman–Crippen LogP) is 1.86. The molecule has 0 aliphatic rings. The number of hydrogen-bond acceptors (Lipinski definition) is 4. The van der Waals surface area contributed by atoms with Crippen LogP contribution in [0.4, 0.5) is 0 Å². The SMILES string of the molecule is CCCn1cnnc1[C@H](C)NC(=O)c1n[nH]c(C)c1Cl. The smallest absolute Gasteiger partial charge is 0.273 e. The Kier molecular flexibility index (Phi) is 4.39. The van der Waals surface area contributed by atoms with E-state index in [1.807, 2.05) is 11.5 Å². The molecule has 0 saturated heterocycles. The van der Waals surface area contributed by atoms with Crippen molar-refractivity contribution >= 4 is 17.5 Å². The maximum Gasteiger partial charge on any atom is 0.273 e. The molecule has 0 fully saturated rings. The van der Waals surface area contributed by atoms with Crippen molar-refractivity contribution in [2.24, 2.45) is 0 Å². The van der Waals surface area contributed by atoms with Crippen LogP contribution in [0.3, 0.4) is 0 Å². The first kappa shape index (κ1) is 14.5. The van der Waals surface area contributed by atoms with Crippen LogP contribution in [0.1, 0.15) is 48.3 Å². The van der Waals surface area contributed by atoms with Gasteiger partial charge in [-0.2, -0.15) is 5.10 Å². The van der Waals surface area contributed by atoms with Gasteiger partial charge in [-0.1, -0.05) is 18.5 Å². The molecule has 0 aliphatic heterocycles. The summed E-state index contributed by atoms with van der Waals surface area (Å²) in [5, 5.41) is 17.7. The topological polar surface area (TPSA) is 88.5 Å². The molecule has 0 aliphatic carbocycles. The zero-order valence-corrected chi connectivity index (χ0v) is 12.4. The highest BCUT2D eigenvalue weighted by Gasteiger charge is 2.20. The summed E-state index contributed by atoms with van der Waals surface area (Å²) in [6.45, 7) is 6.49. The van der Waals surface area contributed by atoms with Crippen LogP contribution in [0.25, 0.3) is 0 Å². The monoisotopic (exact) mass is 296 g/mol. The number of carbonyl (C=O) groups is 1. The van der Waals surface area contributed by atoms with Gasteiger partial charge in [0.05, 0.1) is 16.8 Å². The number of nitrogens with zero attached hydrogens (tertiary/aromatic N) is 4. The molecule has 0 aromatic carbocycles. The number of carbonyl (C=O) groups excluding carboxylic acids is 1. The van der Waals surface area contributed by atoms with Crippen molar-refractivity contribution in [3.05, 3.63) is 28.6 Å². The summed E-state index contributed by atoms with van der Waals surface area (Å²) < 4.78 is 1.92. The van der Waals surface area contributed by atoms with Crippen LogP contribution in [-0.2, 0) is 6.54 Å². The molecule has 1 amide bonds. The second-order valence-electron chi connectivity index (χ2n) is 4.59. The van der Waals surface area contributed by atoms with Gasteiger partial charge in [-0.15, -0.1) is 10.2 Å². The van der Waals surface area contributed by atoms with E-state index < -0.39 is 0 Å². The summed E-state index contributed by atoms with van der Waals surface area (Å²) in [6, 6.07) is -0.273. The molecule has 2 heterocycles. The van der Waals surface area contributed by atoms with E-state index in [4.69, 9.17) is 11.6 Å². The number of H-pyrrole nitrogens is 1. The molecule has 2 rings (SSSR count). The van der Waals surface area contributed by atoms with Gasteiger partial charge in [0.15, 0.2) is 11.5 Å². The third-order valence-electron chi connectivity index (χ3n) is 2.93. The van der Waals surface area contributed by atoms with Gasteiger partial charge in [-0.3, -0.25) is 9.89 Å². The number of aromatic nitrogens is 5. The molecule has 0 bridgehead atoms. The second kappa shape index (κ2) is 6.04. The minimum Gasteiger partial charge on any atom is -0.341 e. The van der Waals surface area contributed by atoms with Gasteiger partial charge >= 0.3 is 0 Å². The van der Waals surface area contributed by atoms with Gasteiger partial charge < -0.3 is 9.88 Å². The largest absolute Gasteiger partial charge is 0.341 e. The van der Waals surface area contributed by atoms with Crippen LogP contribution in [0.15, 0.2) is 6.33 Å². The standard InChI is InChI=1S/C12H17ClN6O/c1-4-5-19-6-14-18-11(19)8(3)15-12(20)10-9(13)7(2)16-17-10/h6,8H,4-5H2,1-3H3,(H,15,20)(H,16,17)/t8-/m0/s1. The summed E-state index contributed by atoms with van der Waals surface area (Å²) in [5.74, 6) is 0.376. The first-order valence-electron chi connectivity index (χ1n) is 6.43. The van der Waals surface area contributed by atoms with Gasteiger partial charge in [-0.25, -0.2) is 0 Å². The van der Waals surface area contributed by atoms with Gasteiger partial charge in [0.2, 0.25) is 0 Å². The van der Waals surface area contributed by atoms with Gasteiger partial charge in [0.25, 0.3) is 5.91 Å². The van der Waals surface area contributed by atoms with Gasteiger partial charge in [0.1, 0.15) is 6.33 Å². The number of hydrogen-bond donors (Lipinski definition) is 2. The number of halogens is 1. The van der Waals surface area contributed by atoms with Crippen LogP contribution < -0.4 is 5.32 Å². The van der Waals surface area contributed by atoms with E-state index in [2.05, 4.69) is 32.6 Å². The van der Waals surface area contributed by atoms with Crippen molar-refractivity contribution in [3.8, 4) is 0 Å². The van der Waals surface area contributed by atoms with E-state index in [-0.39, 0.29) is 17.6 Å². The van der Waals surface area contributed by atoms with Crippen molar-refractivity contribution in [3.63, 3.8) is 0 Å². The fraction of sp³-hybridized carbons (Fsp3) is 0.500. The quantitative estimate of drug-likeness (QED) is 0.881. The van der Waals surface area contributed by atoms with E-state index in [0.29, 0.717) is 16.5 Å². The van der Waals surface area contributed by atoms with Crippen LogP contribution in [0, 0.1) is 6.92 Å². The minimum absolute atomic E-state index is 0.192. The normalized spacial score (nSPS) is 12.4. The van der Waals surface area contributed by atoms with Crippen molar-refractivity contribution < 1.29 is 4.79 Å². The Morgan fingerprint density at radius 2 is 2.35 bits per heavy atom. The summed E-state index contributed by atoms with van der Waals surface area (Å²) in [5.41, 5.74) is 0.858. The molecule has 108 valence electrons. The van der Waals surface area contributed by atoms with E-state index >= 15 is 0 Å². The number of aryl methyl sites for hydroxylation is 2. The minimum atomic E-state index is -0.335. The first-order chi connectivity index (χ1) is 9.54. The number of rotatable bonds is 5. The molecule has 20 heavy (non-hydrogen) atoms. The van der Waals surface area contributed by atoms with Crippen LogP contribution in [-0.4, -0.2) is 30.9 Å². The zero-order chi connectivity index (χ0) is 14.7. The lowest BCUT2D eigenvalue weighted by atomic mass is 10.2. The Bertz CT molecular complexity index is 605. The van der Waals surface area contributed by atoms with Crippen molar-refractivity contribution in [1.82, 2.24) is 30.3 Å². The molecular formula is C12H17ClN6O. The van der Waals surface area contributed by atoms with Crippen LogP contribution in [0.5, 0.6) is 0 Å². The predicted molar refractivity (Wildman–Crippen MR) is 74.5 cm³/mol. The van der Waals surface area contributed by atoms with Gasteiger partial charge in [-0.05, 0) is 20.3 Å². The van der Waals surface area contributed by atoms with Crippen molar-refractivity contribution in [1.29, 1.82) is 0 Å². The molecule has 0 spiro atoms. The first-order valence-corrected chi connectivity index (χ1v) is 6.81. The molecule has 2 N–H and O–H groups in total.